The van der Waals surface area contributed by atoms with E-state index in [0.29, 0.717) is 17.0 Å². The first kappa shape index (κ1) is 16.9. The van der Waals surface area contributed by atoms with Gasteiger partial charge in [0.05, 0.1) is 25.0 Å². The van der Waals surface area contributed by atoms with Crippen LogP contribution in [0.5, 0.6) is 5.75 Å². The number of aryl methyl sites for hydroxylation is 2. The van der Waals surface area contributed by atoms with E-state index in [2.05, 4.69) is 15.1 Å². The molecule has 0 aliphatic rings. The van der Waals surface area contributed by atoms with E-state index in [9.17, 15) is 4.79 Å². The fourth-order valence-corrected chi connectivity index (χ4v) is 3.03. The summed E-state index contributed by atoms with van der Waals surface area (Å²) >= 11 is 0. The van der Waals surface area contributed by atoms with Crippen LogP contribution in [0.4, 0.5) is 0 Å². The van der Waals surface area contributed by atoms with Crippen molar-refractivity contribution in [3.05, 3.63) is 71.9 Å². The second-order valence-electron chi connectivity index (χ2n) is 6.46. The Morgan fingerprint density at radius 1 is 1.00 bits per heavy atom. The highest BCUT2D eigenvalue weighted by molar-refractivity contribution is 6.09. The van der Waals surface area contributed by atoms with Gasteiger partial charge in [0.25, 0.3) is 0 Å². The Morgan fingerprint density at radius 2 is 1.85 bits per heavy atom. The van der Waals surface area contributed by atoms with Crippen LogP contribution in [0.15, 0.2) is 55.1 Å². The third kappa shape index (κ3) is 3.29. The summed E-state index contributed by atoms with van der Waals surface area (Å²) in [6.45, 7) is 1.93. The van der Waals surface area contributed by atoms with Gasteiger partial charge in [0.15, 0.2) is 0 Å². The van der Waals surface area contributed by atoms with Crippen LogP contribution in [0.1, 0.15) is 21.6 Å². The number of pyridine rings is 2. The fourth-order valence-electron chi connectivity index (χ4n) is 3.03. The molecule has 0 saturated carbocycles. The largest absolute Gasteiger partial charge is 0.497 e. The second kappa shape index (κ2) is 6.64. The minimum atomic E-state index is -0.148. The van der Waals surface area contributed by atoms with Crippen LogP contribution in [0.2, 0.25) is 0 Å². The molecule has 0 saturated heterocycles. The predicted molar refractivity (Wildman–Crippen MR) is 103 cm³/mol. The van der Waals surface area contributed by atoms with Gasteiger partial charge in [-0.2, -0.15) is 5.10 Å². The van der Waals surface area contributed by atoms with Crippen LogP contribution in [0.25, 0.3) is 22.0 Å². The van der Waals surface area contributed by atoms with Gasteiger partial charge in [0.1, 0.15) is 11.4 Å². The zero-order valence-corrected chi connectivity index (χ0v) is 15.3. The van der Waals surface area contributed by atoms with Gasteiger partial charge in [-0.25, -0.2) is 0 Å². The monoisotopic (exact) mass is 358 g/mol. The van der Waals surface area contributed by atoms with Crippen molar-refractivity contribution in [1.29, 1.82) is 0 Å². The maximum Gasteiger partial charge on any atom is 0.211 e. The maximum absolute atomic E-state index is 12.9. The lowest BCUT2D eigenvalue weighted by Crippen LogP contribution is -2.05. The number of nitrogens with zero attached hydrogens (tertiary/aromatic N) is 4. The van der Waals surface area contributed by atoms with Gasteiger partial charge in [-0.05, 0) is 42.8 Å². The zero-order valence-electron chi connectivity index (χ0n) is 15.3. The summed E-state index contributed by atoms with van der Waals surface area (Å²) in [4.78, 5) is 21.7. The van der Waals surface area contributed by atoms with E-state index in [1.807, 2.05) is 38.4 Å². The summed E-state index contributed by atoms with van der Waals surface area (Å²) in [5, 5.41) is 5.05. The lowest BCUT2D eigenvalue weighted by atomic mass is 10.0. The Balaban J connectivity index is 1.76. The summed E-state index contributed by atoms with van der Waals surface area (Å²) < 4.78 is 7.01. The molecular weight excluding hydrogens is 340 g/mol. The second-order valence-corrected chi connectivity index (χ2v) is 6.46. The van der Waals surface area contributed by atoms with Gasteiger partial charge in [-0.3, -0.25) is 19.4 Å². The predicted octanol–water partition coefficient (Wildman–Crippen LogP) is 3.58. The molecular formula is C21H18N4O2. The topological polar surface area (TPSA) is 69.9 Å². The average molecular weight is 358 g/mol. The number of fused-ring (bicyclic) bond motifs is 1. The number of rotatable bonds is 4. The molecule has 6 nitrogen and oxygen atoms in total. The minimum absolute atomic E-state index is 0.148. The van der Waals surface area contributed by atoms with Crippen molar-refractivity contribution in [1.82, 2.24) is 19.7 Å². The standard InChI is InChI=1S/C21H18N4O2/c1-13-4-15(7-18(5-13)27-3)21(26)19-8-14-6-16(9-22-20(14)11-23-19)17-10-24-25(2)12-17/h4-12H,1-3H3. The van der Waals surface area contributed by atoms with Crippen molar-refractivity contribution >= 4 is 16.7 Å². The van der Waals surface area contributed by atoms with E-state index in [1.54, 1.807) is 42.5 Å². The first-order valence-corrected chi connectivity index (χ1v) is 8.49. The Bertz CT molecular complexity index is 1160. The van der Waals surface area contributed by atoms with Crippen LogP contribution >= 0.6 is 0 Å². The minimum Gasteiger partial charge on any atom is -0.497 e. The summed E-state index contributed by atoms with van der Waals surface area (Å²) in [5.74, 6) is 0.505. The Morgan fingerprint density at radius 3 is 2.59 bits per heavy atom. The summed E-state index contributed by atoms with van der Waals surface area (Å²) in [7, 11) is 3.46. The van der Waals surface area contributed by atoms with Crippen LogP contribution in [0.3, 0.4) is 0 Å². The number of hydrogen-bond acceptors (Lipinski definition) is 5. The number of ketones is 1. The molecule has 134 valence electrons. The highest BCUT2D eigenvalue weighted by atomic mass is 16.5. The molecule has 0 amide bonds. The number of carbonyl (C=O) groups excluding carboxylic acids is 1. The Hall–Kier alpha value is -3.54. The smallest absolute Gasteiger partial charge is 0.211 e. The number of ether oxygens (including phenoxy) is 1. The van der Waals surface area contributed by atoms with E-state index in [4.69, 9.17) is 4.74 Å². The molecule has 0 aliphatic carbocycles. The third-order valence-corrected chi connectivity index (χ3v) is 4.39. The van der Waals surface area contributed by atoms with E-state index < -0.39 is 0 Å². The van der Waals surface area contributed by atoms with Crippen molar-refractivity contribution in [2.24, 2.45) is 7.05 Å². The number of methoxy groups -OCH3 is 1. The van der Waals surface area contributed by atoms with Crippen molar-refractivity contribution in [2.75, 3.05) is 7.11 Å². The van der Waals surface area contributed by atoms with Gasteiger partial charge in [-0.15, -0.1) is 0 Å². The lowest BCUT2D eigenvalue weighted by molar-refractivity contribution is 0.103. The molecule has 3 heterocycles. The molecule has 0 fully saturated rings. The third-order valence-electron chi connectivity index (χ3n) is 4.39. The molecule has 0 unspecified atom stereocenters. The molecule has 27 heavy (non-hydrogen) atoms. The molecule has 0 radical (unpaired) electrons. The van der Waals surface area contributed by atoms with E-state index in [0.717, 1.165) is 27.6 Å². The molecule has 0 bridgehead atoms. The number of aromatic nitrogens is 4. The molecule has 0 atom stereocenters. The molecule has 4 rings (SSSR count). The van der Waals surface area contributed by atoms with Gasteiger partial charge >= 0.3 is 0 Å². The highest BCUT2D eigenvalue weighted by Gasteiger charge is 2.14. The van der Waals surface area contributed by atoms with Gasteiger partial charge in [0, 0.05) is 41.5 Å². The molecule has 0 spiro atoms. The van der Waals surface area contributed by atoms with Crippen molar-refractivity contribution < 1.29 is 9.53 Å². The summed E-state index contributed by atoms with van der Waals surface area (Å²) in [5.41, 5.74) is 4.54. The van der Waals surface area contributed by atoms with Gasteiger partial charge in [0.2, 0.25) is 5.78 Å². The quantitative estimate of drug-likeness (QED) is 0.522. The van der Waals surface area contributed by atoms with Gasteiger partial charge in [-0.1, -0.05) is 0 Å². The first-order chi connectivity index (χ1) is 13.0. The number of hydrogen-bond donors (Lipinski definition) is 0. The van der Waals surface area contributed by atoms with Crippen molar-refractivity contribution in [2.45, 2.75) is 6.92 Å². The maximum atomic E-state index is 12.9. The Kier molecular flexibility index (Phi) is 4.16. The van der Waals surface area contributed by atoms with Crippen LogP contribution in [0, 0.1) is 6.92 Å². The number of carbonyl (C=O) groups is 1. The molecule has 0 aliphatic heterocycles. The molecule has 3 aromatic heterocycles. The van der Waals surface area contributed by atoms with E-state index in [1.165, 1.54) is 0 Å². The molecule has 0 N–H and O–H groups in total. The van der Waals surface area contributed by atoms with Crippen LogP contribution < -0.4 is 4.74 Å². The lowest BCUT2D eigenvalue weighted by Gasteiger charge is -2.07. The van der Waals surface area contributed by atoms with Crippen LogP contribution in [-0.4, -0.2) is 32.6 Å². The Labute approximate surface area is 156 Å². The summed E-state index contributed by atoms with van der Waals surface area (Å²) in [6.07, 6.45) is 7.13. The van der Waals surface area contributed by atoms with Crippen molar-refractivity contribution in [3.8, 4) is 16.9 Å². The number of benzene rings is 1. The normalized spacial score (nSPS) is 10.9. The van der Waals surface area contributed by atoms with Gasteiger partial charge < -0.3 is 4.74 Å². The average Bonchev–Trinajstić information content (AvgIpc) is 3.12. The molecule has 4 aromatic rings. The molecule has 6 heteroatoms. The SMILES string of the molecule is COc1cc(C)cc(C(=O)c2cc3cc(-c4cnn(C)c4)cnc3cn2)c1. The zero-order chi connectivity index (χ0) is 19.0. The first-order valence-electron chi connectivity index (χ1n) is 8.49. The molecule has 1 aromatic carbocycles. The fraction of sp³-hybridized carbons (Fsp3) is 0.143. The van der Waals surface area contributed by atoms with E-state index in [-0.39, 0.29) is 5.78 Å². The van der Waals surface area contributed by atoms with Crippen LogP contribution in [-0.2, 0) is 7.05 Å². The van der Waals surface area contributed by atoms with Crippen molar-refractivity contribution in [3.63, 3.8) is 0 Å². The van der Waals surface area contributed by atoms with E-state index >= 15 is 0 Å². The highest BCUT2D eigenvalue weighted by Crippen LogP contribution is 2.24. The summed E-state index contributed by atoms with van der Waals surface area (Å²) in [6, 6.07) is 9.22.